The fraction of sp³-hybridized carbons (Fsp3) is 0.174. The van der Waals surface area contributed by atoms with E-state index in [4.69, 9.17) is 33.3 Å². The maximum Gasteiger partial charge on any atom is 0.227 e. The molecule has 0 saturated heterocycles. The summed E-state index contributed by atoms with van der Waals surface area (Å²) in [6.07, 6.45) is 3.78. The van der Waals surface area contributed by atoms with Crippen LogP contribution in [-0.2, 0) is 6.42 Å². The summed E-state index contributed by atoms with van der Waals surface area (Å²) in [6.45, 7) is 3.98. The van der Waals surface area contributed by atoms with Gasteiger partial charge in [0.25, 0.3) is 0 Å². The number of ether oxygens (including phenoxy) is 1. The first-order valence-electron chi connectivity index (χ1n) is 9.41. The van der Waals surface area contributed by atoms with Crippen LogP contribution >= 0.6 is 23.2 Å². The van der Waals surface area contributed by atoms with Gasteiger partial charge in [0, 0.05) is 33.7 Å². The minimum atomic E-state index is 0.439. The predicted molar refractivity (Wildman–Crippen MR) is 125 cm³/mol. The lowest BCUT2D eigenvalue weighted by Gasteiger charge is -2.12. The van der Waals surface area contributed by atoms with E-state index in [1.165, 1.54) is 6.21 Å². The zero-order chi connectivity index (χ0) is 21.7. The molecule has 0 fully saturated rings. The predicted octanol–water partition coefficient (Wildman–Crippen LogP) is 6.68. The number of allylic oxidation sites excluding steroid dienone is 2. The average molecular weight is 441 g/mol. The number of hydrogen-bond donors (Lipinski definition) is 2. The van der Waals surface area contributed by atoms with Gasteiger partial charge in [-0.2, -0.15) is 0 Å². The number of halogens is 2. The minimum Gasteiger partial charge on any atom is -0.496 e. The van der Waals surface area contributed by atoms with E-state index in [0.717, 1.165) is 34.6 Å². The lowest BCUT2D eigenvalue weighted by atomic mass is 9.99. The monoisotopic (exact) mass is 440 g/mol. The second-order valence-corrected chi connectivity index (χ2v) is 7.42. The van der Waals surface area contributed by atoms with Crippen LogP contribution in [-0.4, -0.2) is 23.3 Å². The molecule has 0 saturated carbocycles. The van der Waals surface area contributed by atoms with Gasteiger partial charge < -0.3 is 15.5 Å². The Morgan fingerprint density at radius 1 is 1.17 bits per heavy atom. The number of anilines is 2. The van der Waals surface area contributed by atoms with E-state index in [9.17, 15) is 0 Å². The van der Waals surface area contributed by atoms with Gasteiger partial charge in [-0.05, 0) is 66.4 Å². The van der Waals surface area contributed by atoms with E-state index in [1.807, 2.05) is 31.2 Å². The Labute approximate surface area is 186 Å². The van der Waals surface area contributed by atoms with Crippen molar-refractivity contribution in [1.82, 2.24) is 9.97 Å². The molecule has 154 valence electrons. The Morgan fingerprint density at radius 2 is 1.97 bits per heavy atom. The third-order valence-electron chi connectivity index (χ3n) is 4.73. The van der Waals surface area contributed by atoms with Gasteiger partial charge in [-0.25, -0.2) is 9.97 Å². The SMILES string of the molecule is CCc1cc(Nc2nccc(/C(C=N)=C(/C)c3ccc(Cl)cc3Cl)n2)ccc1OC. The van der Waals surface area contributed by atoms with Gasteiger partial charge >= 0.3 is 0 Å². The summed E-state index contributed by atoms with van der Waals surface area (Å²) in [5, 5.41) is 12.2. The van der Waals surface area contributed by atoms with Gasteiger partial charge in [-0.1, -0.05) is 36.2 Å². The van der Waals surface area contributed by atoms with Crippen LogP contribution in [0.25, 0.3) is 11.1 Å². The molecular formula is C23H22Cl2N4O. The molecule has 2 aromatic carbocycles. The number of rotatable bonds is 7. The number of nitrogens with zero attached hydrogens (tertiary/aromatic N) is 2. The summed E-state index contributed by atoms with van der Waals surface area (Å²) in [5.74, 6) is 1.29. The van der Waals surface area contributed by atoms with E-state index >= 15 is 0 Å². The Morgan fingerprint density at radius 3 is 2.63 bits per heavy atom. The standard InChI is InChI=1S/C23H22Cl2N4O/c1-4-15-11-17(6-8-22(15)30-3)28-23-27-10-9-21(29-23)19(13-26)14(2)18-7-5-16(24)12-20(18)25/h5-13,26H,4H2,1-3H3,(H,27,28,29)/b19-14-,26-13?. The van der Waals surface area contributed by atoms with Crippen LogP contribution in [0, 0.1) is 5.41 Å². The maximum atomic E-state index is 7.93. The first-order chi connectivity index (χ1) is 14.5. The van der Waals surface area contributed by atoms with E-state index in [-0.39, 0.29) is 0 Å². The molecule has 3 aromatic rings. The number of hydrogen-bond acceptors (Lipinski definition) is 5. The van der Waals surface area contributed by atoms with Crippen molar-refractivity contribution in [1.29, 1.82) is 5.41 Å². The highest BCUT2D eigenvalue weighted by atomic mass is 35.5. The van der Waals surface area contributed by atoms with Crippen molar-refractivity contribution < 1.29 is 4.74 Å². The zero-order valence-corrected chi connectivity index (χ0v) is 18.5. The van der Waals surface area contributed by atoms with Crippen LogP contribution < -0.4 is 10.1 Å². The molecule has 0 atom stereocenters. The van der Waals surface area contributed by atoms with Crippen LogP contribution in [0.5, 0.6) is 5.75 Å². The molecule has 2 N–H and O–H groups in total. The molecule has 5 nitrogen and oxygen atoms in total. The Hall–Kier alpha value is -2.89. The molecule has 3 rings (SSSR count). The maximum absolute atomic E-state index is 7.93. The summed E-state index contributed by atoms with van der Waals surface area (Å²) in [6, 6.07) is 12.9. The van der Waals surface area contributed by atoms with Crippen molar-refractivity contribution in [2.45, 2.75) is 20.3 Å². The molecule has 0 aliphatic rings. The van der Waals surface area contributed by atoms with E-state index in [2.05, 4.69) is 22.2 Å². The second kappa shape index (κ2) is 9.74. The van der Waals surface area contributed by atoms with E-state index in [1.54, 1.807) is 31.5 Å². The van der Waals surface area contributed by atoms with Crippen molar-refractivity contribution in [3.63, 3.8) is 0 Å². The number of nitrogens with one attached hydrogen (secondary N) is 2. The summed E-state index contributed by atoms with van der Waals surface area (Å²) < 4.78 is 5.38. The molecule has 7 heteroatoms. The molecule has 0 spiro atoms. The lowest BCUT2D eigenvalue weighted by molar-refractivity contribution is 0.410. The van der Waals surface area contributed by atoms with Crippen molar-refractivity contribution in [3.05, 3.63) is 75.5 Å². The topological polar surface area (TPSA) is 70.9 Å². The van der Waals surface area contributed by atoms with Crippen LogP contribution in [0.3, 0.4) is 0 Å². The summed E-state index contributed by atoms with van der Waals surface area (Å²) >= 11 is 12.4. The molecule has 0 unspecified atom stereocenters. The Kier molecular flexibility index (Phi) is 7.08. The smallest absolute Gasteiger partial charge is 0.227 e. The van der Waals surface area contributed by atoms with E-state index in [0.29, 0.717) is 27.3 Å². The van der Waals surface area contributed by atoms with Gasteiger partial charge in [0.1, 0.15) is 5.75 Å². The van der Waals surface area contributed by atoms with Crippen LogP contribution in [0.4, 0.5) is 11.6 Å². The number of aryl methyl sites for hydroxylation is 1. The van der Waals surface area contributed by atoms with Crippen molar-refractivity contribution in [3.8, 4) is 5.75 Å². The van der Waals surface area contributed by atoms with Crippen LogP contribution in [0.1, 0.15) is 30.7 Å². The fourth-order valence-corrected chi connectivity index (χ4v) is 3.69. The molecule has 1 aromatic heterocycles. The third kappa shape index (κ3) is 4.81. The van der Waals surface area contributed by atoms with Gasteiger partial charge in [-0.15, -0.1) is 0 Å². The van der Waals surface area contributed by atoms with Crippen molar-refractivity contribution in [2.24, 2.45) is 0 Å². The first kappa shape index (κ1) is 21.8. The second-order valence-electron chi connectivity index (χ2n) is 6.58. The average Bonchev–Trinajstić information content (AvgIpc) is 2.74. The quantitative estimate of drug-likeness (QED) is 0.402. The van der Waals surface area contributed by atoms with Crippen molar-refractivity contribution in [2.75, 3.05) is 12.4 Å². The van der Waals surface area contributed by atoms with E-state index < -0.39 is 0 Å². The van der Waals surface area contributed by atoms with Crippen LogP contribution in [0.15, 0.2) is 48.7 Å². The number of methoxy groups -OCH3 is 1. The number of aromatic nitrogens is 2. The van der Waals surface area contributed by atoms with Crippen molar-refractivity contribution >= 4 is 52.2 Å². The normalized spacial score (nSPS) is 11.6. The molecule has 0 aliphatic carbocycles. The summed E-state index contributed by atoms with van der Waals surface area (Å²) in [7, 11) is 1.66. The fourth-order valence-electron chi connectivity index (χ4n) is 3.14. The van der Waals surface area contributed by atoms with Crippen LogP contribution in [0.2, 0.25) is 10.0 Å². The Balaban J connectivity index is 1.96. The molecule has 1 heterocycles. The lowest BCUT2D eigenvalue weighted by Crippen LogP contribution is -2.02. The molecule has 0 bridgehead atoms. The summed E-state index contributed by atoms with van der Waals surface area (Å²) in [5.41, 5.74) is 4.85. The number of benzene rings is 2. The molecule has 0 amide bonds. The first-order valence-corrected chi connectivity index (χ1v) is 10.2. The van der Waals surface area contributed by atoms with Gasteiger partial charge in [0.2, 0.25) is 5.95 Å². The van der Waals surface area contributed by atoms with Gasteiger partial charge in [0.05, 0.1) is 12.8 Å². The molecule has 0 radical (unpaired) electrons. The highest BCUT2D eigenvalue weighted by molar-refractivity contribution is 6.36. The molecular weight excluding hydrogens is 419 g/mol. The highest BCUT2D eigenvalue weighted by Crippen LogP contribution is 2.31. The molecule has 30 heavy (non-hydrogen) atoms. The largest absolute Gasteiger partial charge is 0.496 e. The summed E-state index contributed by atoms with van der Waals surface area (Å²) in [4.78, 5) is 8.92. The van der Waals surface area contributed by atoms with Gasteiger partial charge in [-0.3, -0.25) is 0 Å². The highest BCUT2D eigenvalue weighted by Gasteiger charge is 2.12. The minimum absolute atomic E-state index is 0.439. The Bertz CT molecular complexity index is 1110. The third-order valence-corrected chi connectivity index (χ3v) is 5.28. The van der Waals surface area contributed by atoms with Gasteiger partial charge in [0.15, 0.2) is 0 Å². The zero-order valence-electron chi connectivity index (χ0n) is 17.0. The molecule has 0 aliphatic heterocycles.